The van der Waals surface area contributed by atoms with Gasteiger partial charge in [0.1, 0.15) is 22.7 Å². The van der Waals surface area contributed by atoms with Crippen molar-refractivity contribution in [3.8, 4) is 6.07 Å². The lowest BCUT2D eigenvalue weighted by atomic mass is 9.90. The largest absolute Gasteiger partial charge is 0.325 e. The summed E-state index contributed by atoms with van der Waals surface area (Å²) in [7, 11) is 0. The Balaban J connectivity index is 2.17. The van der Waals surface area contributed by atoms with Crippen molar-refractivity contribution in [1.82, 2.24) is 0 Å². The molecule has 2 amide bonds. The molecule has 7 heteroatoms. The normalized spacial score (nSPS) is 10.7. The van der Waals surface area contributed by atoms with E-state index in [4.69, 9.17) is 5.26 Å². The predicted octanol–water partition coefficient (Wildman–Crippen LogP) is 3.44. The first-order valence-corrected chi connectivity index (χ1v) is 7.33. The summed E-state index contributed by atoms with van der Waals surface area (Å²) >= 11 is 0. The number of nitrogens with zero attached hydrogens (tertiary/aromatic N) is 1. The van der Waals surface area contributed by atoms with Crippen LogP contribution >= 0.6 is 0 Å². The van der Waals surface area contributed by atoms with Gasteiger partial charge in [0.25, 0.3) is 0 Å². The Hall–Kier alpha value is -3.27. The third kappa shape index (κ3) is 3.98. The molecule has 25 heavy (non-hydrogen) atoms. The van der Waals surface area contributed by atoms with E-state index in [0.29, 0.717) is 11.3 Å². The molecule has 0 aliphatic rings. The second-order valence-electron chi connectivity index (χ2n) is 5.82. The lowest BCUT2D eigenvalue weighted by Crippen LogP contribution is -2.42. The number of rotatable bonds is 4. The molecule has 2 rings (SSSR count). The van der Waals surface area contributed by atoms with E-state index in [1.165, 1.54) is 26.0 Å². The Kier molecular flexibility index (Phi) is 5.13. The first kappa shape index (κ1) is 18.1. The van der Waals surface area contributed by atoms with Gasteiger partial charge in [0, 0.05) is 5.69 Å². The van der Waals surface area contributed by atoms with Gasteiger partial charge in [-0.2, -0.15) is 5.26 Å². The van der Waals surface area contributed by atoms with Gasteiger partial charge in [-0.05, 0) is 44.2 Å². The van der Waals surface area contributed by atoms with Crippen molar-refractivity contribution in [1.29, 1.82) is 5.26 Å². The number of anilines is 2. The van der Waals surface area contributed by atoms with Gasteiger partial charge in [-0.15, -0.1) is 0 Å². The molecule has 128 valence electrons. The molecule has 0 aliphatic heterocycles. The van der Waals surface area contributed by atoms with Crippen molar-refractivity contribution in [3.63, 3.8) is 0 Å². The van der Waals surface area contributed by atoms with E-state index in [1.807, 2.05) is 6.07 Å². The van der Waals surface area contributed by atoms with Crippen LogP contribution in [0.3, 0.4) is 0 Å². The first-order valence-electron chi connectivity index (χ1n) is 7.33. The fourth-order valence-electron chi connectivity index (χ4n) is 1.94. The molecule has 0 bridgehead atoms. The Morgan fingerprint density at radius 2 is 1.56 bits per heavy atom. The van der Waals surface area contributed by atoms with Crippen molar-refractivity contribution in [2.45, 2.75) is 13.8 Å². The van der Waals surface area contributed by atoms with E-state index in [2.05, 4.69) is 10.6 Å². The van der Waals surface area contributed by atoms with E-state index in [-0.39, 0.29) is 0 Å². The highest BCUT2D eigenvalue weighted by atomic mass is 19.1. The SMILES string of the molecule is CC(C)(C(=O)Nc1cccc(C#N)c1)C(=O)Nc1c(F)cccc1F. The summed E-state index contributed by atoms with van der Waals surface area (Å²) in [4.78, 5) is 24.7. The van der Waals surface area contributed by atoms with Crippen LogP contribution in [0.5, 0.6) is 0 Å². The maximum atomic E-state index is 13.6. The van der Waals surface area contributed by atoms with E-state index in [1.54, 1.807) is 18.2 Å². The number of hydrogen-bond donors (Lipinski definition) is 2. The van der Waals surface area contributed by atoms with Gasteiger partial charge in [-0.1, -0.05) is 12.1 Å². The number of para-hydroxylation sites is 1. The zero-order chi connectivity index (χ0) is 18.6. The fourth-order valence-corrected chi connectivity index (χ4v) is 1.94. The predicted molar refractivity (Wildman–Crippen MR) is 88.6 cm³/mol. The lowest BCUT2D eigenvalue weighted by molar-refractivity contribution is -0.135. The van der Waals surface area contributed by atoms with Gasteiger partial charge in [0.05, 0.1) is 11.6 Å². The summed E-state index contributed by atoms with van der Waals surface area (Å²) < 4.78 is 27.3. The van der Waals surface area contributed by atoms with Crippen LogP contribution in [0, 0.1) is 28.4 Å². The van der Waals surface area contributed by atoms with Gasteiger partial charge in [0.2, 0.25) is 11.8 Å². The van der Waals surface area contributed by atoms with Crippen molar-refractivity contribution >= 4 is 23.2 Å². The average Bonchev–Trinajstić information content (AvgIpc) is 2.58. The molecule has 0 unspecified atom stereocenters. The molecular weight excluding hydrogens is 328 g/mol. The van der Waals surface area contributed by atoms with E-state index in [0.717, 1.165) is 12.1 Å². The minimum atomic E-state index is -1.61. The van der Waals surface area contributed by atoms with Crippen LogP contribution in [0.15, 0.2) is 42.5 Å². The molecule has 0 fully saturated rings. The molecule has 0 saturated heterocycles. The van der Waals surface area contributed by atoms with Crippen molar-refractivity contribution in [3.05, 3.63) is 59.7 Å². The van der Waals surface area contributed by atoms with Crippen LogP contribution in [-0.4, -0.2) is 11.8 Å². The molecule has 0 aromatic heterocycles. The van der Waals surface area contributed by atoms with E-state index < -0.39 is 34.6 Å². The summed E-state index contributed by atoms with van der Waals surface area (Å²) in [6, 6.07) is 11.2. The van der Waals surface area contributed by atoms with Gasteiger partial charge in [0.15, 0.2) is 0 Å². The maximum Gasteiger partial charge on any atom is 0.239 e. The second-order valence-corrected chi connectivity index (χ2v) is 5.82. The third-order valence-electron chi connectivity index (χ3n) is 3.59. The quantitative estimate of drug-likeness (QED) is 0.834. The topological polar surface area (TPSA) is 82.0 Å². The van der Waals surface area contributed by atoms with E-state index in [9.17, 15) is 18.4 Å². The molecule has 0 heterocycles. The molecular formula is C18H15F2N3O2. The lowest BCUT2D eigenvalue weighted by Gasteiger charge is -2.23. The minimum absolute atomic E-state index is 0.335. The molecule has 0 spiro atoms. The smallest absolute Gasteiger partial charge is 0.239 e. The third-order valence-corrected chi connectivity index (χ3v) is 3.59. The van der Waals surface area contributed by atoms with Crippen LogP contribution in [0.25, 0.3) is 0 Å². The molecule has 0 aliphatic carbocycles. The molecule has 0 saturated carbocycles. The van der Waals surface area contributed by atoms with E-state index >= 15 is 0 Å². The van der Waals surface area contributed by atoms with Gasteiger partial charge >= 0.3 is 0 Å². The zero-order valence-electron chi connectivity index (χ0n) is 13.6. The van der Waals surface area contributed by atoms with Gasteiger partial charge in [-0.25, -0.2) is 8.78 Å². The zero-order valence-corrected chi connectivity index (χ0v) is 13.6. The van der Waals surface area contributed by atoms with Crippen LogP contribution in [0.2, 0.25) is 0 Å². The standard InChI is InChI=1S/C18H15F2N3O2/c1-18(2,16(24)22-12-6-3-5-11(9-12)10-21)17(25)23-15-13(19)7-4-8-14(15)20/h3-9H,1-2H3,(H,22,24)(H,23,25). The summed E-state index contributed by atoms with van der Waals surface area (Å²) in [5, 5.41) is 13.5. The summed E-state index contributed by atoms with van der Waals surface area (Å²) in [6.07, 6.45) is 0. The highest BCUT2D eigenvalue weighted by Gasteiger charge is 2.37. The highest BCUT2D eigenvalue weighted by molar-refractivity contribution is 6.14. The summed E-state index contributed by atoms with van der Waals surface area (Å²) in [6.45, 7) is 2.65. The average molecular weight is 343 g/mol. The Morgan fingerprint density at radius 3 is 2.16 bits per heavy atom. The van der Waals surface area contributed by atoms with Gasteiger partial charge < -0.3 is 10.6 Å². The number of carbonyl (C=O) groups excluding carboxylic acids is 2. The molecule has 5 nitrogen and oxygen atoms in total. The Bertz CT molecular complexity index is 853. The number of carbonyl (C=O) groups is 2. The van der Waals surface area contributed by atoms with Crippen LogP contribution in [0.1, 0.15) is 19.4 Å². The Morgan fingerprint density at radius 1 is 1.00 bits per heavy atom. The van der Waals surface area contributed by atoms with Crippen LogP contribution in [-0.2, 0) is 9.59 Å². The number of hydrogen-bond acceptors (Lipinski definition) is 3. The molecule has 0 radical (unpaired) electrons. The maximum absolute atomic E-state index is 13.6. The van der Waals surface area contributed by atoms with Crippen molar-refractivity contribution < 1.29 is 18.4 Å². The fraction of sp³-hybridized carbons (Fsp3) is 0.167. The number of nitriles is 1. The Labute approximate surface area is 143 Å². The summed E-state index contributed by atoms with van der Waals surface area (Å²) in [5.41, 5.74) is -1.55. The number of benzene rings is 2. The number of halogens is 2. The number of nitrogens with one attached hydrogen (secondary N) is 2. The molecule has 2 aromatic carbocycles. The first-order chi connectivity index (χ1) is 11.8. The van der Waals surface area contributed by atoms with Crippen LogP contribution < -0.4 is 10.6 Å². The monoisotopic (exact) mass is 343 g/mol. The highest BCUT2D eigenvalue weighted by Crippen LogP contribution is 2.24. The minimum Gasteiger partial charge on any atom is -0.325 e. The van der Waals surface area contributed by atoms with Crippen molar-refractivity contribution in [2.24, 2.45) is 5.41 Å². The summed E-state index contributed by atoms with van der Waals surface area (Å²) in [5.74, 6) is -3.43. The molecule has 2 aromatic rings. The van der Waals surface area contributed by atoms with Crippen LogP contribution in [0.4, 0.5) is 20.2 Å². The number of amides is 2. The molecule has 2 N–H and O–H groups in total. The second kappa shape index (κ2) is 7.09. The molecule has 0 atom stereocenters. The van der Waals surface area contributed by atoms with Gasteiger partial charge in [-0.3, -0.25) is 9.59 Å². The van der Waals surface area contributed by atoms with Crippen molar-refractivity contribution in [2.75, 3.05) is 10.6 Å².